The molecule has 1 heterocycles. The molecule has 0 atom stereocenters. The number of nitrogens with zero attached hydrogens (tertiary/aromatic N) is 2. The Morgan fingerprint density at radius 1 is 1.47 bits per heavy atom. The highest BCUT2D eigenvalue weighted by Crippen LogP contribution is 2.25. The molecule has 1 aromatic carbocycles. The van der Waals surface area contributed by atoms with Crippen molar-refractivity contribution in [2.24, 2.45) is 7.05 Å². The maximum atomic E-state index is 11.9. The summed E-state index contributed by atoms with van der Waals surface area (Å²) in [6, 6.07) is 4.73. The number of halogens is 1. The van der Waals surface area contributed by atoms with Gasteiger partial charge in [-0.25, -0.2) is 9.78 Å². The number of carbonyl (C=O) groups is 1. The second-order valence-electron chi connectivity index (χ2n) is 3.88. The molecule has 0 bridgehead atoms. The van der Waals surface area contributed by atoms with Gasteiger partial charge in [-0.2, -0.15) is 0 Å². The quantitative estimate of drug-likeness (QED) is 0.807. The van der Waals surface area contributed by atoms with Crippen LogP contribution in [0.4, 0.5) is 0 Å². The Kier molecular flexibility index (Phi) is 4.06. The molecule has 19 heavy (non-hydrogen) atoms. The summed E-state index contributed by atoms with van der Waals surface area (Å²) in [5, 5.41) is 0.447. The number of benzene rings is 1. The third-order valence-corrected chi connectivity index (χ3v) is 2.95. The van der Waals surface area contributed by atoms with Crippen molar-refractivity contribution in [2.75, 3.05) is 7.11 Å². The molecule has 0 saturated heterocycles. The average Bonchev–Trinajstić information content (AvgIpc) is 2.82. The molecule has 2 aromatic rings. The Bertz CT molecular complexity index is 595. The fourth-order valence-electron chi connectivity index (χ4n) is 1.54. The number of hydrogen-bond acceptors (Lipinski definition) is 4. The lowest BCUT2D eigenvalue weighted by Crippen LogP contribution is -2.08. The maximum absolute atomic E-state index is 11.9. The Balaban J connectivity index is 2.06. The van der Waals surface area contributed by atoms with E-state index in [0.29, 0.717) is 22.2 Å². The highest BCUT2D eigenvalue weighted by Gasteiger charge is 2.11. The number of aromatic nitrogens is 2. The third-order valence-electron chi connectivity index (χ3n) is 2.64. The first-order chi connectivity index (χ1) is 9.11. The summed E-state index contributed by atoms with van der Waals surface area (Å²) in [5.74, 6) is 0.667. The fourth-order valence-corrected chi connectivity index (χ4v) is 1.73. The molecular formula is C13H13ClN2O3. The lowest BCUT2D eigenvalue weighted by molar-refractivity contribution is 0.0459. The number of rotatable bonds is 4. The molecule has 1 aromatic heterocycles. The highest BCUT2D eigenvalue weighted by atomic mass is 35.5. The van der Waals surface area contributed by atoms with Crippen LogP contribution in [0.5, 0.6) is 5.75 Å². The van der Waals surface area contributed by atoms with E-state index in [9.17, 15) is 4.79 Å². The van der Waals surface area contributed by atoms with Gasteiger partial charge in [0.05, 0.1) is 17.7 Å². The molecule has 0 spiro atoms. The van der Waals surface area contributed by atoms with E-state index in [1.807, 2.05) is 7.05 Å². The van der Waals surface area contributed by atoms with Crippen molar-refractivity contribution < 1.29 is 14.3 Å². The van der Waals surface area contributed by atoms with Crippen molar-refractivity contribution in [1.29, 1.82) is 0 Å². The Morgan fingerprint density at radius 3 is 2.89 bits per heavy atom. The number of methoxy groups -OCH3 is 1. The van der Waals surface area contributed by atoms with Crippen molar-refractivity contribution >= 4 is 17.6 Å². The van der Waals surface area contributed by atoms with Gasteiger partial charge in [0.15, 0.2) is 0 Å². The SMILES string of the molecule is COc1cc(C(=O)OCc2nccn2C)ccc1Cl. The van der Waals surface area contributed by atoms with E-state index in [1.54, 1.807) is 35.2 Å². The monoisotopic (exact) mass is 280 g/mol. The highest BCUT2D eigenvalue weighted by molar-refractivity contribution is 6.32. The molecule has 0 aliphatic rings. The topological polar surface area (TPSA) is 53.4 Å². The third kappa shape index (κ3) is 3.06. The zero-order chi connectivity index (χ0) is 13.8. The first-order valence-corrected chi connectivity index (χ1v) is 5.96. The largest absolute Gasteiger partial charge is 0.495 e. The molecule has 2 rings (SSSR count). The molecule has 5 nitrogen and oxygen atoms in total. The van der Waals surface area contributed by atoms with Gasteiger partial charge in [-0.1, -0.05) is 11.6 Å². The average molecular weight is 281 g/mol. The summed E-state index contributed by atoms with van der Waals surface area (Å²) in [6.07, 6.45) is 3.43. The minimum Gasteiger partial charge on any atom is -0.495 e. The maximum Gasteiger partial charge on any atom is 0.338 e. The van der Waals surface area contributed by atoms with Crippen molar-refractivity contribution in [2.45, 2.75) is 6.61 Å². The van der Waals surface area contributed by atoms with Gasteiger partial charge in [0.1, 0.15) is 18.2 Å². The van der Waals surface area contributed by atoms with Gasteiger partial charge in [-0.15, -0.1) is 0 Å². The molecule has 0 saturated carbocycles. The predicted octanol–water partition coefficient (Wildman–Crippen LogP) is 2.44. The van der Waals surface area contributed by atoms with Gasteiger partial charge in [0, 0.05) is 19.4 Å². The summed E-state index contributed by atoms with van der Waals surface area (Å²) in [6.45, 7) is 0.118. The van der Waals surface area contributed by atoms with Crippen LogP contribution in [0.25, 0.3) is 0 Å². The number of aryl methyl sites for hydroxylation is 1. The van der Waals surface area contributed by atoms with Crippen LogP contribution < -0.4 is 4.74 Å². The van der Waals surface area contributed by atoms with Crippen LogP contribution in [0, 0.1) is 0 Å². The van der Waals surface area contributed by atoms with Crippen LogP contribution in [0.1, 0.15) is 16.2 Å². The van der Waals surface area contributed by atoms with Gasteiger partial charge in [0.2, 0.25) is 0 Å². The van der Waals surface area contributed by atoms with E-state index in [0.717, 1.165) is 0 Å². The van der Waals surface area contributed by atoms with E-state index in [4.69, 9.17) is 21.1 Å². The number of ether oxygens (including phenoxy) is 2. The molecule has 0 radical (unpaired) electrons. The standard InChI is InChI=1S/C13H13ClN2O3/c1-16-6-5-15-12(16)8-19-13(17)9-3-4-10(14)11(7-9)18-2/h3-7H,8H2,1-2H3. The van der Waals surface area contributed by atoms with E-state index in [-0.39, 0.29) is 6.61 Å². The number of imidazole rings is 1. The second kappa shape index (κ2) is 5.75. The Hall–Kier alpha value is -2.01. The Labute approximate surface area is 115 Å². The molecule has 100 valence electrons. The van der Waals surface area contributed by atoms with E-state index in [1.165, 1.54) is 7.11 Å². The summed E-state index contributed by atoms with van der Waals surface area (Å²) in [5.41, 5.74) is 0.385. The fraction of sp³-hybridized carbons (Fsp3) is 0.231. The molecule has 6 heteroatoms. The van der Waals surface area contributed by atoms with E-state index >= 15 is 0 Å². The minimum atomic E-state index is -0.446. The first-order valence-electron chi connectivity index (χ1n) is 5.58. The van der Waals surface area contributed by atoms with Crippen LogP contribution in [0.3, 0.4) is 0 Å². The van der Waals surface area contributed by atoms with E-state index < -0.39 is 5.97 Å². The molecule has 0 amide bonds. The van der Waals surface area contributed by atoms with Crippen LogP contribution in [0.15, 0.2) is 30.6 Å². The second-order valence-corrected chi connectivity index (χ2v) is 4.29. The number of carbonyl (C=O) groups excluding carboxylic acids is 1. The zero-order valence-corrected chi connectivity index (χ0v) is 11.3. The number of hydrogen-bond donors (Lipinski definition) is 0. The molecule has 0 aliphatic heterocycles. The molecule has 0 unspecified atom stereocenters. The smallest absolute Gasteiger partial charge is 0.338 e. The van der Waals surface area contributed by atoms with Crippen LogP contribution >= 0.6 is 11.6 Å². The van der Waals surface area contributed by atoms with E-state index in [2.05, 4.69) is 4.98 Å². The summed E-state index contributed by atoms with van der Waals surface area (Å²) in [7, 11) is 3.33. The minimum absolute atomic E-state index is 0.118. The summed E-state index contributed by atoms with van der Waals surface area (Å²) < 4.78 is 12.0. The zero-order valence-electron chi connectivity index (χ0n) is 10.6. The van der Waals surface area contributed by atoms with Crippen molar-refractivity contribution in [3.8, 4) is 5.75 Å². The lowest BCUT2D eigenvalue weighted by atomic mass is 10.2. The molecule has 0 fully saturated rings. The van der Waals surface area contributed by atoms with Crippen LogP contribution in [-0.4, -0.2) is 22.6 Å². The van der Waals surface area contributed by atoms with Gasteiger partial charge >= 0.3 is 5.97 Å². The van der Waals surface area contributed by atoms with Gasteiger partial charge in [0.25, 0.3) is 0 Å². The normalized spacial score (nSPS) is 10.3. The van der Waals surface area contributed by atoms with Crippen molar-refractivity contribution in [3.05, 3.63) is 47.0 Å². The van der Waals surface area contributed by atoms with Crippen molar-refractivity contribution in [1.82, 2.24) is 9.55 Å². The Morgan fingerprint density at radius 2 is 2.26 bits per heavy atom. The molecule has 0 aliphatic carbocycles. The first kappa shape index (κ1) is 13.4. The summed E-state index contributed by atoms with van der Waals surface area (Å²) in [4.78, 5) is 15.9. The van der Waals surface area contributed by atoms with Gasteiger partial charge < -0.3 is 14.0 Å². The molecule has 0 N–H and O–H groups in total. The number of esters is 1. The van der Waals surface area contributed by atoms with Gasteiger partial charge in [-0.05, 0) is 18.2 Å². The predicted molar refractivity (Wildman–Crippen MR) is 70.3 cm³/mol. The summed E-state index contributed by atoms with van der Waals surface area (Å²) >= 11 is 5.89. The molecular weight excluding hydrogens is 268 g/mol. The van der Waals surface area contributed by atoms with Gasteiger partial charge in [-0.3, -0.25) is 0 Å². The lowest BCUT2D eigenvalue weighted by Gasteiger charge is -2.07. The van der Waals surface area contributed by atoms with Crippen LogP contribution in [-0.2, 0) is 18.4 Å². The van der Waals surface area contributed by atoms with Crippen molar-refractivity contribution in [3.63, 3.8) is 0 Å². The van der Waals surface area contributed by atoms with Crippen LogP contribution in [0.2, 0.25) is 5.02 Å².